The number of nitrogens with one attached hydrogen (secondary N) is 1. The van der Waals surface area contributed by atoms with Crippen LogP contribution in [0, 0.1) is 0 Å². The summed E-state index contributed by atoms with van der Waals surface area (Å²) in [6.07, 6.45) is 1.55. The second-order valence-corrected chi connectivity index (χ2v) is 3.41. The zero-order valence-corrected chi connectivity index (χ0v) is 7.05. The van der Waals surface area contributed by atoms with Gasteiger partial charge in [0.15, 0.2) is 0 Å². The molecule has 2 aliphatic heterocycles. The van der Waals surface area contributed by atoms with E-state index in [-0.39, 0.29) is 0 Å². The molecular formula is C8H16N2O. The quantitative estimate of drug-likeness (QED) is 0.535. The van der Waals surface area contributed by atoms with Crippen LogP contribution in [0.1, 0.15) is 13.3 Å². The van der Waals surface area contributed by atoms with E-state index in [0.717, 1.165) is 32.3 Å². The molecule has 64 valence electrons. The highest BCUT2D eigenvalue weighted by molar-refractivity contribution is 4.80. The third kappa shape index (κ3) is 1.41. The summed E-state index contributed by atoms with van der Waals surface area (Å²) in [5.41, 5.74) is 0. The lowest BCUT2D eigenvalue weighted by molar-refractivity contribution is -0.127. The highest BCUT2D eigenvalue weighted by Gasteiger charge is 2.29. The molecule has 0 bridgehead atoms. The van der Waals surface area contributed by atoms with Gasteiger partial charge < -0.3 is 10.1 Å². The van der Waals surface area contributed by atoms with Crippen LogP contribution in [0.4, 0.5) is 0 Å². The van der Waals surface area contributed by atoms with E-state index in [4.69, 9.17) is 4.74 Å². The average molecular weight is 156 g/mol. The van der Waals surface area contributed by atoms with E-state index in [9.17, 15) is 0 Å². The summed E-state index contributed by atoms with van der Waals surface area (Å²) < 4.78 is 5.62. The molecule has 2 aliphatic rings. The molecule has 2 saturated heterocycles. The standard InChI is InChI=1S/C8H16N2O/c1-7-2-5-11-8-6-9-3-4-10(7)8/h7-9H,2-6H2,1H3/t7-,8+/m1/s1. The fourth-order valence-electron chi connectivity index (χ4n) is 1.89. The Bertz CT molecular complexity index is 138. The Labute approximate surface area is 67.7 Å². The molecule has 0 aromatic heterocycles. The van der Waals surface area contributed by atoms with Crippen molar-refractivity contribution in [1.82, 2.24) is 10.2 Å². The van der Waals surface area contributed by atoms with Crippen molar-refractivity contribution in [3.63, 3.8) is 0 Å². The van der Waals surface area contributed by atoms with Gasteiger partial charge in [0, 0.05) is 25.7 Å². The molecule has 0 amide bonds. The lowest BCUT2D eigenvalue weighted by atomic mass is 10.1. The van der Waals surface area contributed by atoms with Crippen LogP contribution in [-0.2, 0) is 4.74 Å². The highest BCUT2D eigenvalue weighted by Crippen LogP contribution is 2.17. The maximum absolute atomic E-state index is 5.62. The number of fused-ring (bicyclic) bond motifs is 1. The molecule has 2 atom stereocenters. The molecule has 2 heterocycles. The van der Waals surface area contributed by atoms with Crippen LogP contribution < -0.4 is 5.32 Å². The Hall–Kier alpha value is -0.120. The summed E-state index contributed by atoms with van der Waals surface area (Å²) in [6.45, 7) is 6.49. The summed E-state index contributed by atoms with van der Waals surface area (Å²) in [4.78, 5) is 2.46. The lowest BCUT2D eigenvalue weighted by Crippen LogP contribution is -2.58. The molecular weight excluding hydrogens is 140 g/mol. The predicted molar refractivity (Wildman–Crippen MR) is 43.4 cm³/mol. The summed E-state index contributed by atoms with van der Waals surface area (Å²) in [5.74, 6) is 0. The maximum Gasteiger partial charge on any atom is 0.123 e. The molecule has 0 spiro atoms. The van der Waals surface area contributed by atoms with Crippen molar-refractivity contribution in [2.24, 2.45) is 0 Å². The van der Waals surface area contributed by atoms with E-state index in [2.05, 4.69) is 17.1 Å². The van der Waals surface area contributed by atoms with Gasteiger partial charge in [-0.15, -0.1) is 0 Å². The van der Waals surface area contributed by atoms with Crippen LogP contribution in [0.5, 0.6) is 0 Å². The van der Waals surface area contributed by atoms with Gasteiger partial charge in [-0.1, -0.05) is 0 Å². The molecule has 0 aromatic carbocycles. The summed E-state index contributed by atoms with van der Waals surface area (Å²) >= 11 is 0. The third-order valence-corrected chi connectivity index (χ3v) is 2.65. The van der Waals surface area contributed by atoms with Gasteiger partial charge in [-0.2, -0.15) is 0 Å². The molecule has 2 fully saturated rings. The predicted octanol–water partition coefficient (Wildman–Crippen LogP) is 0.0265. The van der Waals surface area contributed by atoms with Crippen LogP contribution in [0.2, 0.25) is 0 Å². The van der Waals surface area contributed by atoms with Gasteiger partial charge in [0.1, 0.15) is 6.23 Å². The van der Waals surface area contributed by atoms with E-state index in [1.54, 1.807) is 0 Å². The lowest BCUT2D eigenvalue weighted by Gasteiger charge is -2.43. The number of ether oxygens (including phenoxy) is 1. The van der Waals surface area contributed by atoms with Crippen molar-refractivity contribution >= 4 is 0 Å². The van der Waals surface area contributed by atoms with Gasteiger partial charge in [0.25, 0.3) is 0 Å². The van der Waals surface area contributed by atoms with Crippen LogP contribution in [0.3, 0.4) is 0 Å². The fourth-order valence-corrected chi connectivity index (χ4v) is 1.89. The molecule has 1 N–H and O–H groups in total. The van der Waals surface area contributed by atoms with Crippen LogP contribution in [-0.4, -0.2) is 43.4 Å². The molecule has 0 radical (unpaired) electrons. The van der Waals surface area contributed by atoms with Gasteiger partial charge >= 0.3 is 0 Å². The molecule has 2 rings (SSSR count). The molecule has 3 nitrogen and oxygen atoms in total. The van der Waals surface area contributed by atoms with E-state index < -0.39 is 0 Å². The van der Waals surface area contributed by atoms with Crippen molar-refractivity contribution in [3.8, 4) is 0 Å². The SMILES string of the molecule is C[C@@H]1CCO[C@H]2CNCCN12. The highest BCUT2D eigenvalue weighted by atomic mass is 16.5. The number of piperazine rings is 1. The monoisotopic (exact) mass is 156 g/mol. The van der Waals surface area contributed by atoms with Gasteiger partial charge in [-0.25, -0.2) is 0 Å². The first-order chi connectivity index (χ1) is 5.38. The summed E-state index contributed by atoms with van der Waals surface area (Å²) in [5, 5.41) is 3.34. The largest absolute Gasteiger partial charge is 0.362 e. The van der Waals surface area contributed by atoms with E-state index >= 15 is 0 Å². The van der Waals surface area contributed by atoms with Crippen molar-refractivity contribution in [1.29, 1.82) is 0 Å². The maximum atomic E-state index is 5.62. The van der Waals surface area contributed by atoms with Crippen LogP contribution in [0.25, 0.3) is 0 Å². The van der Waals surface area contributed by atoms with Gasteiger partial charge in [-0.3, -0.25) is 4.90 Å². The minimum absolute atomic E-state index is 0.354. The molecule has 0 saturated carbocycles. The van der Waals surface area contributed by atoms with Crippen molar-refractivity contribution in [2.75, 3.05) is 26.2 Å². The van der Waals surface area contributed by atoms with Crippen LogP contribution in [0.15, 0.2) is 0 Å². The fraction of sp³-hybridized carbons (Fsp3) is 1.00. The molecule has 0 aromatic rings. The normalized spacial score (nSPS) is 40.1. The summed E-state index contributed by atoms with van der Waals surface area (Å²) in [7, 11) is 0. The van der Waals surface area contributed by atoms with Crippen molar-refractivity contribution in [2.45, 2.75) is 25.6 Å². The van der Waals surface area contributed by atoms with Gasteiger partial charge in [0.2, 0.25) is 0 Å². The van der Waals surface area contributed by atoms with E-state index in [1.165, 1.54) is 6.42 Å². The number of rotatable bonds is 0. The molecule has 0 aliphatic carbocycles. The second-order valence-electron chi connectivity index (χ2n) is 3.41. The minimum Gasteiger partial charge on any atom is -0.362 e. The zero-order chi connectivity index (χ0) is 7.68. The van der Waals surface area contributed by atoms with E-state index in [1.807, 2.05) is 0 Å². The molecule has 0 unspecified atom stereocenters. The van der Waals surface area contributed by atoms with Crippen molar-refractivity contribution in [3.05, 3.63) is 0 Å². The van der Waals surface area contributed by atoms with Crippen molar-refractivity contribution < 1.29 is 4.74 Å². The van der Waals surface area contributed by atoms with Gasteiger partial charge in [0.05, 0.1) is 6.61 Å². The topological polar surface area (TPSA) is 24.5 Å². The van der Waals surface area contributed by atoms with E-state index in [0.29, 0.717) is 6.23 Å². The smallest absolute Gasteiger partial charge is 0.123 e. The van der Waals surface area contributed by atoms with Crippen LogP contribution >= 0.6 is 0 Å². The summed E-state index contributed by atoms with van der Waals surface area (Å²) in [6, 6.07) is 0.718. The Balaban J connectivity index is 1.99. The Morgan fingerprint density at radius 3 is 3.27 bits per heavy atom. The number of hydrogen-bond donors (Lipinski definition) is 1. The first kappa shape index (κ1) is 7.53. The Kier molecular flexibility index (Phi) is 2.11. The van der Waals surface area contributed by atoms with Gasteiger partial charge in [-0.05, 0) is 13.3 Å². The Morgan fingerprint density at radius 1 is 1.55 bits per heavy atom. The zero-order valence-electron chi connectivity index (χ0n) is 7.05. The Morgan fingerprint density at radius 2 is 2.45 bits per heavy atom. The molecule has 3 heteroatoms. The first-order valence-electron chi connectivity index (χ1n) is 4.46. The number of hydrogen-bond acceptors (Lipinski definition) is 3. The second kappa shape index (κ2) is 3.09. The average Bonchev–Trinajstić information content (AvgIpc) is 2.06. The minimum atomic E-state index is 0.354. The first-order valence-corrected chi connectivity index (χ1v) is 4.46. The molecule has 11 heavy (non-hydrogen) atoms. The number of nitrogens with zero attached hydrogens (tertiary/aromatic N) is 1. The third-order valence-electron chi connectivity index (χ3n) is 2.65.